The Balaban J connectivity index is 2.16. The molecule has 2 rings (SSSR count). The van der Waals surface area contributed by atoms with Gasteiger partial charge in [-0.05, 0) is 43.4 Å². The van der Waals surface area contributed by atoms with E-state index < -0.39 is 0 Å². The molecular weight excluding hydrogens is 254 g/mol. The Morgan fingerprint density at radius 1 is 1.37 bits per heavy atom. The number of thiophene rings is 1. The SMILES string of the molecule is CCNC(c1ccc(C(C)(C)C)s1)C1CCCCO1. The Morgan fingerprint density at radius 3 is 2.68 bits per heavy atom. The fourth-order valence-electron chi connectivity index (χ4n) is 2.59. The summed E-state index contributed by atoms with van der Waals surface area (Å²) in [6.07, 6.45) is 4.04. The molecule has 2 nitrogen and oxygen atoms in total. The minimum atomic E-state index is 0.243. The third-order valence-electron chi connectivity index (χ3n) is 3.68. The van der Waals surface area contributed by atoms with E-state index in [1.807, 2.05) is 11.3 Å². The molecule has 19 heavy (non-hydrogen) atoms. The number of ether oxygens (including phenoxy) is 1. The Hall–Kier alpha value is -0.380. The molecule has 1 saturated heterocycles. The number of hydrogen-bond acceptors (Lipinski definition) is 3. The van der Waals surface area contributed by atoms with E-state index in [0.717, 1.165) is 13.2 Å². The van der Waals surface area contributed by atoms with Gasteiger partial charge in [0.2, 0.25) is 0 Å². The second-order valence-electron chi connectivity index (χ2n) is 6.39. The Morgan fingerprint density at radius 2 is 2.16 bits per heavy atom. The molecule has 1 aliphatic heterocycles. The standard InChI is InChI=1S/C16H27NOS/c1-5-17-15(12-8-6-7-11-18-12)13-9-10-14(19-13)16(2,3)4/h9-10,12,15,17H,5-8,11H2,1-4H3. The van der Waals surface area contributed by atoms with Crippen molar-refractivity contribution in [2.24, 2.45) is 0 Å². The number of nitrogens with one attached hydrogen (secondary N) is 1. The third kappa shape index (κ3) is 3.80. The van der Waals surface area contributed by atoms with Crippen LogP contribution in [0.1, 0.15) is 62.8 Å². The summed E-state index contributed by atoms with van der Waals surface area (Å²) in [7, 11) is 0. The molecule has 2 unspecified atom stereocenters. The zero-order chi connectivity index (χ0) is 13.9. The monoisotopic (exact) mass is 281 g/mol. The average Bonchev–Trinajstić information content (AvgIpc) is 2.86. The summed E-state index contributed by atoms with van der Waals surface area (Å²) in [5.41, 5.74) is 0.243. The first-order chi connectivity index (χ1) is 9.02. The Bertz CT molecular complexity index is 388. The molecule has 0 aliphatic carbocycles. The second-order valence-corrected chi connectivity index (χ2v) is 7.51. The van der Waals surface area contributed by atoms with Gasteiger partial charge in [0.15, 0.2) is 0 Å². The molecule has 2 heterocycles. The van der Waals surface area contributed by atoms with E-state index in [4.69, 9.17) is 4.74 Å². The summed E-state index contributed by atoms with van der Waals surface area (Å²) >= 11 is 1.94. The quantitative estimate of drug-likeness (QED) is 0.890. The zero-order valence-electron chi connectivity index (χ0n) is 12.7. The van der Waals surface area contributed by atoms with Gasteiger partial charge in [0, 0.05) is 16.4 Å². The highest BCUT2D eigenvalue weighted by molar-refractivity contribution is 7.12. The number of rotatable bonds is 4. The van der Waals surface area contributed by atoms with E-state index >= 15 is 0 Å². The van der Waals surface area contributed by atoms with Crippen LogP contribution in [0, 0.1) is 0 Å². The molecule has 1 aromatic rings. The molecule has 108 valence electrons. The number of hydrogen-bond donors (Lipinski definition) is 1. The molecule has 0 bridgehead atoms. The fourth-order valence-corrected chi connectivity index (χ4v) is 3.78. The zero-order valence-corrected chi connectivity index (χ0v) is 13.5. The topological polar surface area (TPSA) is 21.3 Å². The Labute approximate surface area is 121 Å². The van der Waals surface area contributed by atoms with Crippen molar-refractivity contribution in [3.8, 4) is 0 Å². The highest BCUT2D eigenvalue weighted by Crippen LogP contribution is 2.35. The molecule has 1 N–H and O–H groups in total. The van der Waals surface area contributed by atoms with E-state index in [-0.39, 0.29) is 5.41 Å². The van der Waals surface area contributed by atoms with Gasteiger partial charge in [-0.2, -0.15) is 0 Å². The van der Waals surface area contributed by atoms with Crippen LogP contribution in [0.25, 0.3) is 0 Å². The lowest BCUT2D eigenvalue weighted by atomic mass is 9.95. The third-order valence-corrected chi connectivity index (χ3v) is 5.28. The van der Waals surface area contributed by atoms with Crippen LogP contribution >= 0.6 is 11.3 Å². The maximum Gasteiger partial charge on any atom is 0.0777 e. The predicted octanol–water partition coefficient (Wildman–Crippen LogP) is 4.27. The van der Waals surface area contributed by atoms with Gasteiger partial charge in [0.05, 0.1) is 12.1 Å². The van der Waals surface area contributed by atoms with Gasteiger partial charge in [-0.15, -0.1) is 11.3 Å². The predicted molar refractivity (Wildman–Crippen MR) is 83.0 cm³/mol. The van der Waals surface area contributed by atoms with Crippen molar-refractivity contribution >= 4 is 11.3 Å². The fraction of sp³-hybridized carbons (Fsp3) is 0.750. The molecule has 3 heteroatoms. The van der Waals surface area contributed by atoms with E-state index in [9.17, 15) is 0 Å². The van der Waals surface area contributed by atoms with Gasteiger partial charge in [-0.25, -0.2) is 0 Å². The lowest BCUT2D eigenvalue weighted by Gasteiger charge is -2.30. The molecule has 1 aromatic heterocycles. The summed E-state index contributed by atoms with van der Waals surface area (Å²) < 4.78 is 5.99. The van der Waals surface area contributed by atoms with Crippen LogP contribution in [-0.2, 0) is 10.2 Å². The highest BCUT2D eigenvalue weighted by atomic mass is 32.1. The van der Waals surface area contributed by atoms with Crippen molar-refractivity contribution in [1.82, 2.24) is 5.32 Å². The summed E-state index contributed by atoms with van der Waals surface area (Å²) in [6.45, 7) is 10.9. The highest BCUT2D eigenvalue weighted by Gasteiger charge is 2.27. The van der Waals surface area contributed by atoms with Crippen molar-refractivity contribution in [1.29, 1.82) is 0 Å². The largest absolute Gasteiger partial charge is 0.376 e. The molecule has 0 amide bonds. The molecule has 2 atom stereocenters. The first-order valence-electron chi connectivity index (χ1n) is 7.47. The van der Waals surface area contributed by atoms with Crippen LogP contribution in [0.2, 0.25) is 0 Å². The molecule has 0 radical (unpaired) electrons. The van der Waals surface area contributed by atoms with Crippen molar-refractivity contribution in [3.63, 3.8) is 0 Å². The van der Waals surface area contributed by atoms with Crippen molar-refractivity contribution < 1.29 is 4.74 Å². The van der Waals surface area contributed by atoms with Crippen molar-refractivity contribution in [2.45, 2.75) is 64.5 Å². The van der Waals surface area contributed by atoms with Crippen LogP contribution in [0.15, 0.2) is 12.1 Å². The van der Waals surface area contributed by atoms with Gasteiger partial charge >= 0.3 is 0 Å². The smallest absolute Gasteiger partial charge is 0.0777 e. The summed E-state index contributed by atoms with van der Waals surface area (Å²) in [6, 6.07) is 4.94. The van der Waals surface area contributed by atoms with E-state index in [0.29, 0.717) is 12.1 Å². The van der Waals surface area contributed by atoms with E-state index in [2.05, 4.69) is 45.1 Å². The lowest BCUT2D eigenvalue weighted by Crippen LogP contribution is -2.35. The summed E-state index contributed by atoms with van der Waals surface area (Å²) in [4.78, 5) is 2.89. The first kappa shape index (κ1) is 15.0. The van der Waals surface area contributed by atoms with Gasteiger partial charge < -0.3 is 10.1 Å². The lowest BCUT2D eigenvalue weighted by molar-refractivity contribution is -0.00712. The minimum Gasteiger partial charge on any atom is -0.376 e. The van der Waals surface area contributed by atoms with E-state index in [1.54, 1.807) is 0 Å². The molecule has 0 spiro atoms. The molecule has 0 aromatic carbocycles. The minimum absolute atomic E-state index is 0.243. The first-order valence-corrected chi connectivity index (χ1v) is 8.29. The van der Waals surface area contributed by atoms with E-state index in [1.165, 1.54) is 29.0 Å². The molecule has 0 saturated carbocycles. The maximum atomic E-state index is 5.99. The summed E-state index contributed by atoms with van der Waals surface area (Å²) in [5, 5.41) is 3.62. The molecular formula is C16H27NOS. The summed E-state index contributed by atoms with van der Waals surface area (Å²) in [5.74, 6) is 0. The Kier molecular flexibility index (Phi) is 5.04. The molecule has 1 fully saturated rings. The van der Waals surface area contributed by atoms with Crippen LogP contribution in [0.5, 0.6) is 0 Å². The van der Waals surface area contributed by atoms with Gasteiger partial charge in [-0.3, -0.25) is 0 Å². The van der Waals surface area contributed by atoms with Crippen molar-refractivity contribution in [2.75, 3.05) is 13.2 Å². The molecule has 1 aliphatic rings. The van der Waals surface area contributed by atoms with Gasteiger partial charge in [0.1, 0.15) is 0 Å². The maximum absolute atomic E-state index is 5.99. The van der Waals surface area contributed by atoms with Crippen LogP contribution < -0.4 is 5.32 Å². The number of likely N-dealkylation sites (N-methyl/N-ethyl adjacent to an activating group) is 1. The van der Waals surface area contributed by atoms with Crippen LogP contribution in [-0.4, -0.2) is 19.3 Å². The average molecular weight is 281 g/mol. The van der Waals surface area contributed by atoms with Crippen LogP contribution in [0.4, 0.5) is 0 Å². The van der Waals surface area contributed by atoms with Crippen LogP contribution in [0.3, 0.4) is 0 Å². The second kappa shape index (κ2) is 6.38. The van der Waals surface area contributed by atoms with Crippen molar-refractivity contribution in [3.05, 3.63) is 21.9 Å². The van der Waals surface area contributed by atoms with Gasteiger partial charge in [0.25, 0.3) is 0 Å². The van der Waals surface area contributed by atoms with Gasteiger partial charge in [-0.1, -0.05) is 27.7 Å². The normalized spacial score (nSPS) is 22.4.